The standard InChI is InChI=1S/C6H7BrF3NO2/c7-6(10)2-3(11(12)13)1-4(8)5(6)9/h3-5H,1-2H2. The van der Waals surface area contributed by atoms with Crippen molar-refractivity contribution in [3.05, 3.63) is 10.1 Å². The Bertz CT molecular complexity index is 226. The Labute approximate surface area is 80.6 Å². The maximum absolute atomic E-state index is 13.1. The third-order valence-electron chi connectivity index (χ3n) is 2.02. The molecule has 1 aliphatic rings. The Hall–Kier alpha value is -0.330. The summed E-state index contributed by atoms with van der Waals surface area (Å²) in [5.74, 6) is 0. The molecular formula is C6H7BrF3NO2. The van der Waals surface area contributed by atoms with E-state index in [1.165, 1.54) is 0 Å². The predicted molar refractivity (Wildman–Crippen MR) is 42.6 cm³/mol. The van der Waals surface area contributed by atoms with Gasteiger partial charge >= 0.3 is 0 Å². The second-order valence-corrected chi connectivity index (χ2v) is 4.38. The van der Waals surface area contributed by atoms with Crippen molar-refractivity contribution in [3.63, 3.8) is 0 Å². The van der Waals surface area contributed by atoms with Crippen LogP contribution in [0.3, 0.4) is 0 Å². The predicted octanol–water partition coefficient (Wildman–Crippen LogP) is 2.16. The molecule has 0 radical (unpaired) electrons. The second kappa shape index (κ2) is 3.43. The molecule has 76 valence electrons. The van der Waals surface area contributed by atoms with Crippen molar-refractivity contribution >= 4 is 15.9 Å². The van der Waals surface area contributed by atoms with Crippen molar-refractivity contribution in [1.82, 2.24) is 0 Å². The molecule has 0 N–H and O–H groups in total. The fourth-order valence-corrected chi connectivity index (χ4v) is 1.98. The van der Waals surface area contributed by atoms with E-state index in [9.17, 15) is 23.3 Å². The van der Waals surface area contributed by atoms with Crippen molar-refractivity contribution in [2.45, 2.75) is 35.8 Å². The SMILES string of the molecule is O=[N+]([O-])C1CC(F)C(F)C(F)(Br)C1. The van der Waals surface area contributed by atoms with Crippen LogP contribution in [0.25, 0.3) is 0 Å². The first-order valence-electron chi connectivity index (χ1n) is 3.64. The fraction of sp³-hybridized carbons (Fsp3) is 1.00. The number of hydrogen-bond donors (Lipinski definition) is 0. The van der Waals surface area contributed by atoms with E-state index in [-0.39, 0.29) is 0 Å². The van der Waals surface area contributed by atoms with Gasteiger partial charge in [-0.3, -0.25) is 10.1 Å². The normalized spacial score (nSPS) is 46.0. The molecule has 0 spiro atoms. The average Bonchev–Trinajstić information content (AvgIpc) is 1.99. The van der Waals surface area contributed by atoms with Crippen molar-refractivity contribution in [2.24, 2.45) is 0 Å². The van der Waals surface area contributed by atoms with Crippen LogP contribution >= 0.6 is 15.9 Å². The van der Waals surface area contributed by atoms with Gasteiger partial charge in [-0.15, -0.1) is 0 Å². The Morgan fingerprint density at radius 2 is 2.08 bits per heavy atom. The van der Waals surface area contributed by atoms with Gasteiger partial charge in [0, 0.05) is 11.3 Å². The van der Waals surface area contributed by atoms with Crippen molar-refractivity contribution in [1.29, 1.82) is 0 Å². The monoisotopic (exact) mass is 261 g/mol. The quantitative estimate of drug-likeness (QED) is 0.413. The number of nitro groups is 1. The van der Waals surface area contributed by atoms with E-state index in [0.29, 0.717) is 0 Å². The first-order chi connectivity index (χ1) is 5.84. The summed E-state index contributed by atoms with van der Waals surface area (Å²) < 4.78 is 36.0. The first-order valence-corrected chi connectivity index (χ1v) is 4.43. The summed E-state index contributed by atoms with van der Waals surface area (Å²) in [7, 11) is 0. The van der Waals surface area contributed by atoms with Crippen LogP contribution < -0.4 is 0 Å². The zero-order valence-electron chi connectivity index (χ0n) is 6.42. The Balaban J connectivity index is 2.76. The molecule has 4 atom stereocenters. The van der Waals surface area contributed by atoms with Crippen molar-refractivity contribution in [3.8, 4) is 0 Å². The number of alkyl halides is 4. The molecule has 7 heteroatoms. The highest BCUT2D eigenvalue weighted by Gasteiger charge is 2.53. The van der Waals surface area contributed by atoms with Gasteiger partial charge in [-0.05, 0) is 15.9 Å². The minimum absolute atomic E-state index is 0.564. The molecule has 1 aliphatic carbocycles. The lowest BCUT2D eigenvalue weighted by Crippen LogP contribution is -2.47. The Morgan fingerprint density at radius 1 is 1.54 bits per heavy atom. The summed E-state index contributed by atoms with van der Waals surface area (Å²) in [6.07, 6.45) is -5.65. The van der Waals surface area contributed by atoms with Gasteiger partial charge in [-0.1, -0.05) is 0 Å². The molecule has 13 heavy (non-hydrogen) atoms. The summed E-state index contributed by atoms with van der Waals surface area (Å²) in [6.45, 7) is 0. The van der Waals surface area contributed by atoms with Gasteiger partial charge in [0.25, 0.3) is 0 Å². The largest absolute Gasteiger partial charge is 0.264 e. The van der Waals surface area contributed by atoms with E-state index in [1.54, 1.807) is 0 Å². The molecule has 1 fully saturated rings. The van der Waals surface area contributed by atoms with Crippen molar-refractivity contribution < 1.29 is 18.1 Å². The number of halogens is 4. The summed E-state index contributed by atoms with van der Waals surface area (Å²) >= 11 is 2.32. The van der Waals surface area contributed by atoms with E-state index in [4.69, 9.17) is 0 Å². The highest BCUT2D eigenvalue weighted by molar-refractivity contribution is 9.10. The summed E-state index contributed by atoms with van der Waals surface area (Å²) in [4.78, 5) is 9.44. The molecule has 0 aliphatic heterocycles. The maximum Gasteiger partial charge on any atom is 0.220 e. The zero-order chi connectivity index (χ0) is 10.2. The molecule has 0 aromatic heterocycles. The lowest BCUT2D eigenvalue weighted by atomic mass is 9.91. The van der Waals surface area contributed by atoms with E-state index in [1.807, 2.05) is 0 Å². The van der Waals surface area contributed by atoms with Crippen molar-refractivity contribution in [2.75, 3.05) is 0 Å². The Kier molecular flexibility index (Phi) is 2.84. The lowest BCUT2D eigenvalue weighted by molar-refractivity contribution is -0.530. The smallest absolute Gasteiger partial charge is 0.220 e. The molecule has 0 bridgehead atoms. The molecule has 3 nitrogen and oxygen atoms in total. The van der Waals surface area contributed by atoms with Crippen LogP contribution in [0.1, 0.15) is 12.8 Å². The molecule has 1 rings (SSSR count). The van der Waals surface area contributed by atoms with Gasteiger partial charge in [0.05, 0.1) is 6.42 Å². The molecule has 1 saturated carbocycles. The minimum atomic E-state index is -2.61. The van der Waals surface area contributed by atoms with E-state index in [2.05, 4.69) is 15.9 Å². The highest BCUT2D eigenvalue weighted by atomic mass is 79.9. The first kappa shape index (κ1) is 10.7. The van der Waals surface area contributed by atoms with Crippen LogP contribution in [0.5, 0.6) is 0 Å². The summed E-state index contributed by atoms with van der Waals surface area (Å²) in [5.41, 5.74) is 0. The van der Waals surface area contributed by atoms with Gasteiger partial charge in [-0.25, -0.2) is 13.2 Å². The number of nitrogens with zero attached hydrogens (tertiary/aromatic N) is 1. The van der Waals surface area contributed by atoms with E-state index < -0.39 is 40.7 Å². The lowest BCUT2D eigenvalue weighted by Gasteiger charge is -2.31. The molecule has 4 unspecified atom stereocenters. The van der Waals surface area contributed by atoms with Gasteiger partial charge < -0.3 is 0 Å². The van der Waals surface area contributed by atoms with Gasteiger partial charge in [-0.2, -0.15) is 0 Å². The number of hydrogen-bond acceptors (Lipinski definition) is 2. The van der Waals surface area contributed by atoms with Crippen LogP contribution in [0.4, 0.5) is 13.2 Å². The van der Waals surface area contributed by atoms with E-state index >= 15 is 0 Å². The summed E-state index contributed by atoms with van der Waals surface area (Å²) in [5, 5.41) is 10.2. The van der Waals surface area contributed by atoms with Crippen LogP contribution in [-0.2, 0) is 0 Å². The fourth-order valence-electron chi connectivity index (χ4n) is 1.31. The van der Waals surface area contributed by atoms with Gasteiger partial charge in [0.2, 0.25) is 10.6 Å². The third-order valence-corrected chi connectivity index (χ3v) is 2.79. The minimum Gasteiger partial charge on any atom is -0.264 e. The van der Waals surface area contributed by atoms with E-state index in [0.717, 1.165) is 0 Å². The summed E-state index contributed by atoms with van der Waals surface area (Å²) in [6, 6.07) is -1.36. The topological polar surface area (TPSA) is 43.1 Å². The van der Waals surface area contributed by atoms with Crippen LogP contribution in [0.15, 0.2) is 0 Å². The van der Waals surface area contributed by atoms with Crippen LogP contribution in [-0.4, -0.2) is 27.9 Å². The molecule has 0 amide bonds. The molecule has 0 aromatic rings. The molecule has 0 aromatic carbocycles. The third kappa shape index (κ3) is 2.12. The maximum atomic E-state index is 13.1. The average molecular weight is 262 g/mol. The van der Waals surface area contributed by atoms with Gasteiger partial charge in [0.1, 0.15) is 6.17 Å². The molecule has 0 heterocycles. The Morgan fingerprint density at radius 3 is 2.46 bits per heavy atom. The second-order valence-electron chi connectivity index (χ2n) is 3.06. The highest BCUT2D eigenvalue weighted by Crippen LogP contribution is 2.41. The zero-order valence-corrected chi connectivity index (χ0v) is 8.01. The molecule has 0 saturated heterocycles. The van der Waals surface area contributed by atoms with Gasteiger partial charge in [0.15, 0.2) is 6.17 Å². The van der Waals surface area contributed by atoms with Crippen LogP contribution in [0.2, 0.25) is 0 Å². The van der Waals surface area contributed by atoms with Crippen LogP contribution in [0, 0.1) is 10.1 Å². The molecular weight excluding hydrogens is 255 g/mol. The number of rotatable bonds is 1.